The lowest BCUT2D eigenvalue weighted by Crippen LogP contribution is -2.00. The van der Waals surface area contributed by atoms with E-state index in [2.05, 4.69) is 13.8 Å². The molecule has 0 aromatic rings. The van der Waals surface area contributed by atoms with Crippen LogP contribution in [0.4, 0.5) is 0 Å². The van der Waals surface area contributed by atoms with Crippen molar-refractivity contribution in [3.63, 3.8) is 0 Å². The third-order valence-corrected chi connectivity index (χ3v) is 3.95. The summed E-state index contributed by atoms with van der Waals surface area (Å²) in [5, 5.41) is 0. The highest BCUT2D eigenvalue weighted by molar-refractivity contribution is 5.07. The Morgan fingerprint density at radius 2 is 2.10 bits per heavy atom. The zero-order valence-corrected chi connectivity index (χ0v) is 7.19. The van der Waals surface area contributed by atoms with Crippen LogP contribution >= 0.6 is 0 Å². The molecular formula is C10H18. The van der Waals surface area contributed by atoms with Gasteiger partial charge < -0.3 is 0 Å². The fraction of sp³-hybridized carbons (Fsp3) is 1.00. The molecule has 2 aliphatic rings. The Balaban J connectivity index is 1.97. The molecule has 0 aliphatic heterocycles. The van der Waals surface area contributed by atoms with Gasteiger partial charge in [-0.15, -0.1) is 0 Å². The van der Waals surface area contributed by atoms with Gasteiger partial charge in [0, 0.05) is 0 Å². The summed E-state index contributed by atoms with van der Waals surface area (Å²) < 4.78 is 0. The van der Waals surface area contributed by atoms with Crippen LogP contribution < -0.4 is 0 Å². The van der Waals surface area contributed by atoms with Crippen LogP contribution in [0.25, 0.3) is 0 Å². The molecule has 0 aromatic carbocycles. The molecule has 0 spiro atoms. The third kappa shape index (κ3) is 0.741. The van der Waals surface area contributed by atoms with Gasteiger partial charge in [0.15, 0.2) is 0 Å². The highest BCUT2D eigenvalue weighted by atomic mass is 14.6. The summed E-state index contributed by atoms with van der Waals surface area (Å²) in [5.41, 5.74) is 0.876. The zero-order valence-electron chi connectivity index (χ0n) is 7.19. The number of rotatable bonds is 2. The summed E-state index contributed by atoms with van der Waals surface area (Å²) in [5.74, 6) is 2.25. The van der Waals surface area contributed by atoms with E-state index in [0.29, 0.717) is 0 Å². The summed E-state index contributed by atoms with van der Waals surface area (Å²) in [4.78, 5) is 0. The second-order valence-corrected chi connectivity index (χ2v) is 4.33. The molecule has 2 rings (SSSR count). The normalized spacial score (nSPS) is 51.0. The van der Waals surface area contributed by atoms with Crippen LogP contribution in [-0.2, 0) is 0 Å². The lowest BCUT2D eigenvalue weighted by Gasteiger charge is -2.12. The van der Waals surface area contributed by atoms with E-state index in [1.165, 1.54) is 12.8 Å². The van der Waals surface area contributed by atoms with E-state index in [1.807, 2.05) is 0 Å². The van der Waals surface area contributed by atoms with Gasteiger partial charge in [-0.3, -0.25) is 0 Å². The van der Waals surface area contributed by atoms with Gasteiger partial charge in [-0.2, -0.15) is 0 Å². The summed E-state index contributed by atoms with van der Waals surface area (Å²) >= 11 is 0. The SMILES string of the molecule is CCC1CC2CC2(CC)C1. The Bertz CT molecular complexity index is 135. The predicted molar refractivity (Wildman–Crippen MR) is 43.8 cm³/mol. The average molecular weight is 138 g/mol. The van der Waals surface area contributed by atoms with Crippen LogP contribution in [-0.4, -0.2) is 0 Å². The Hall–Kier alpha value is 0. The van der Waals surface area contributed by atoms with Crippen molar-refractivity contribution in [3.8, 4) is 0 Å². The first kappa shape index (κ1) is 6.69. The quantitative estimate of drug-likeness (QED) is 0.549. The minimum atomic E-state index is 0.876. The maximum Gasteiger partial charge on any atom is -0.0266 e. The molecule has 0 radical (unpaired) electrons. The molecular weight excluding hydrogens is 120 g/mol. The minimum absolute atomic E-state index is 0.876. The molecule has 0 nitrogen and oxygen atoms in total. The van der Waals surface area contributed by atoms with E-state index in [4.69, 9.17) is 0 Å². The van der Waals surface area contributed by atoms with Crippen molar-refractivity contribution in [1.82, 2.24) is 0 Å². The van der Waals surface area contributed by atoms with Gasteiger partial charge in [-0.25, -0.2) is 0 Å². The van der Waals surface area contributed by atoms with Crippen molar-refractivity contribution in [3.05, 3.63) is 0 Å². The molecule has 0 heterocycles. The first-order valence-corrected chi connectivity index (χ1v) is 4.80. The molecule has 2 fully saturated rings. The second-order valence-electron chi connectivity index (χ2n) is 4.33. The number of fused-ring (bicyclic) bond motifs is 1. The van der Waals surface area contributed by atoms with Gasteiger partial charge in [0.05, 0.1) is 0 Å². The second kappa shape index (κ2) is 1.99. The van der Waals surface area contributed by atoms with Gasteiger partial charge in [-0.05, 0) is 36.5 Å². The fourth-order valence-electron chi connectivity index (χ4n) is 2.96. The maximum absolute atomic E-state index is 2.37. The van der Waals surface area contributed by atoms with Crippen molar-refractivity contribution in [2.24, 2.45) is 17.3 Å². The van der Waals surface area contributed by atoms with Crippen molar-refractivity contribution >= 4 is 0 Å². The predicted octanol–water partition coefficient (Wildman–Crippen LogP) is 3.22. The van der Waals surface area contributed by atoms with Crippen LogP contribution in [0.5, 0.6) is 0 Å². The molecule has 0 N–H and O–H groups in total. The molecule has 0 heteroatoms. The summed E-state index contributed by atoms with van der Waals surface area (Å²) in [6, 6.07) is 0. The van der Waals surface area contributed by atoms with Crippen LogP contribution in [0.3, 0.4) is 0 Å². The van der Waals surface area contributed by atoms with E-state index in [1.54, 1.807) is 19.3 Å². The monoisotopic (exact) mass is 138 g/mol. The first-order chi connectivity index (χ1) is 4.80. The van der Waals surface area contributed by atoms with Crippen LogP contribution in [0, 0.1) is 17.3 Å². The molecule has 2 saturated carbocycles. The molecule has 2 aliphatic carbocycles. The first-order valence-electron chi connectivity index (χ1n) is 4.80. The Kier molecular flexibility index (Phi) is 1.33. The summed E-state index contributed by atoms with van der Waals surface area (Å²) in [7, 11) is 0. The minimum Gasteiger partial charge on any atom is -0.0651 e. The molecule has 3 atom stereocenters. The topological polar surface area (TPSA) is 0 Å². The third-order valence-electron chi connectivity index (χ3n) is 3.95. The van der Waals surface area contributed by atoms with Gasteiger partial charge >= 0.3 is 0 Å². The zero-order chi connectivity index (χ0) is 7.19. The van der Waals surface area contributed by atoms with Gasteiger partial charge in [0.2, 0.25) is 0 Å². The van der Waals surface area contributed by atoms with Gasteiger partial charge in [0.25, 0.3) is 0 Å². The summed E-state index contributed by atoms with van der Waals surface area (Å²) in [6.07, 6.45) is 7.57. The lowest BCUT2D eigenvalue weighted by atomic mass is 9.94. The summed E-state index contributed by atoms with van der Waals surface area (Å²) in [6.45, 7) is 4.72. The van der Waals surface area contributed by atoms with E-state index >= 15 is 0 Å². The van der Waals surface area contributed by atoms with Gasteiger partial charge in [-0.1, -0.05) is 26.7 Å². The van der Waals surface area contributed by atoms with E-state index in [0.717, 1.165) is 17.3 Å². The Labute approximate surface area is 64.0 Å². The standard InChI is InChI=1S/C10H18/c1-3-8-5-9-7-10(9,4-2)6-8/h8-9H,3-7H2,1-2H3. The van der Waals surface area contributed by atoms with Crippen molar-refractivity contribution in [2.45, 2.75) is 46.0 Å². The van der Waals surface area contributed by atoms with Crippen molar-refractivity contribution in [1.29, 1.82) is 0 Å². The lowest BCUT2D eigenvalue weighted by molar-refractivity contribution is 0.396. The van der Waals surface area contributed by atoms with Crippen LogP contribution in [0.2, 0.25) is 0 Å². The molecule has 0 bridgehead atoms. The van der Waals surface area contributed by atoms with Gasteiger partial charge in [0.1, 0.15) is 0 Å². The molecule has 0 amide bonds. The Morgan fingerprint density at radius 1 is 1.30 bits per heavy atom. The average Bonchev–Trinajstić information content (AvgIpc) is 2.55. The Morgan fingerprint density at radius 3 is 2.50 bits per heavy atom. The molecule has 3 unspecified atom stereocenters. The molecule has 10 heavy (non-hydrogen) atoms. The molecule has 0 saturated heterocycles. The maximum atomic E-state index is 2.37. The highest BCUT2D eigenvalue weighted by Gasteiger charge is 2.57. The van der Waals surface area contributed by atoms with E-state index in [-0.39, 0.29) is 0 Å². The van der Waals surface area contributed by atoms with E-state index in [9.17, 15) is 0 Å². The molecule has 58 valence electrons. The highest BCUT2D eigenvalue weighted by Crippen LogP contribution is 2.67. The van der Waals surface area contributed by atoms with Crippen LogP contribution in [0.15, 0.2) is 0 Å². The van der Waals surface area contributed by atoms with Crippen molar-refractivity contribution in [2.75, 3.05) is 0 Å². The smallest absolute Gasteiger partial charge is 0.0266 e. The molecule has 0 aromatic heterocycles. The largest absolute Gasteiger partial charge is 0.0651 e. The van der Waals surface area contributed by atoms with E-state index < -0.39 is 0 Å². The number of hydrogen-bond acceptors (Lipinski definition) is 0. The van der Waals surface area contributed by atoms with Crippen molar-refractivity contribution < 1.29 is 0 Å². The fourth-order valence-corrected chi connectivity index (χ4v) is 2.96. The van der Waals surface area contributed by atoms with Crippen LogP contribution in [0.1, 0.15) is 46.0 Å². The number of hydrogen-bond donors (Lipinski definition) is 0.